The second-order valence-corrected chi connectivity index (χ2v) is 9.16. The van der Waals surface area contributed by atoms with Crippen LogP contribution in [0.3, 0.4) is 0 Å². The lowest BCUT2D eigenvalue weighted by Crippen LogP contribution is -2.31. The van der Waals surface area contributed by atoms with Gasteiger partial charge in [0.2, 0.25) is 6.79 Å². The van der Waals surface area contributed by atoms with E-state index in [4.69, 9.17) is 9.47 Å². The summed E-state index contributed by atoms with van der Waals surface area (Å²) in [5.41, 5.74) is 4.64. The molecule has 1 aliphatic carbocycles. The summed E-state index contributed by atoms with van der Waals surface area (Å²) in [4.78, 5) is 13.3. The van der Waals surface area contributed by atoms with Gasteiger partial charge in [0.15, 0.2) is 17.3 Å². The topological polar surface area (TPSA) is 59.6 Å². The molecular formula is C22H21BrN2O3. The zero-order chi connectivity index (χ0) is 19.5. The maximum absolute atomic E-state index is 13.3. The minimum Gasteiger partial charge on any atom is -0.454 e. The van der Waals surface area contributed by atoms with Crippen LogP contribution in [0.4, 0.5) is 11.4 Å². The van der Waals surface area contributed by atoms with E-state index in [1.165, 1.54) is 0 Å². The third-order valence-electron chi connectivity index (χ3n) is 5.52. The van der Waals surface area contributed by atoms with Gasteiger partial charge in [0, 0.05) is 22.2 Å². The zero-order valence-electron chi connectivity index (χ0n) is 15.8. The lowest BCUT2D eigenvalue weighted by molar-refractivity contribution is -0.118. The molecule has 5 rings (SSSR count). The third-order valence-corrected chi connectivity index (χ3v) is 6.21. The van der Waals surface area contributed by atoms with Crippen molar-refractivity contribution in [3.05, 3.63) is 57.7 Å². The number of halogens is 1. The van der Waals surface area contributed by atoms with Crippen molar-refractivity contribution in [1.29, 1.82) is 0 Å². The van der Waals surface area contributed by atoms with E-state index in [1.807, 2.05) is 36.4 Å². The van der Waals surface area contributed by atoms with E-state index in [1.54, 1.807) is 0 Å². The number of allylic oxidation sites excluding steroid dienone is 1. The average Bonchev–Trinajstić information content (AvgIpc) is 3.00. The Labute approximate surface area is 172 Å². The summed E-state index contributed by atoms with van der Waals surface area (Å²) in [5, 5.41) is 7.14. The fourth-order valence-corrected chi connectivity index (χ4v) is 4.83. The van der Waals surface area contributed by atoms with Crippen molar-refractivity contribution in [2.24, 2.45) is 5.41 Å². The van der Waals surface area contributed by atoms with Crippen LogP contribution in [-0.2, 0) is 4.79 Å². The second kappa shape index (κ2) is 6.27. The van der Waals surface area contributed by atoms with Crippen molar-refractivity contribution in [2.45, 2.75) is 32.7 Å². The number of fused-ring (bicyclic) bond motifs is 2. The van der Waals surface area contributed by atoms with Crippen LogP contribution in [0, 0.1) is 5.41 Å². The zero-order valence-corrected chi connectivity index (χ0v) is 17.4. The van der Waals surface area contributed by atoms with Crippen LogP contribution >= 0.6 is 15.9 Å². The van der Waals surface area contributed by atoms with Gasteiger partial charge in [0.05, 0.1) is 17.4 Å². The number of carbonyl (C=O) groups is 1. The molecule has 2 aromatic rings. The van der Waals surface area contributed by atoms with E-state index < -0.39 is 0 Å². The number of rotatable bonds is 1. The number of hydrogen-bond acceptors (Lipinski definition) is 5. The van der Waals surface area contributed by atoms with E-state index in [-0.39, 0.29) is 24.0 Å². The average molecular weight is 441 g/mol. The highest BCUT2D eigenvalue weighted by molar-refractivity contribution is 9.10. The molecule has 144 valence electrons. The van der Waals surface area contributed by atoms with E-state index in [9.17, 15) is 4.79 Å². The Bertz CT molecular complexity index is 1030. The van der Waals surface area contributed by atoms with Crippen LogP contribution in [0.25, 0.3) is 0 Å². The Morgan fingerprint density at radius 1 is 1.07 bits per heavy atom. The maximum Gasteiger partial charge on any atom is 0.231 e. The molecule has 28 heavy (non-hydrogen) atoms. The highest BCUT2D eigenvalue weighted by Crippen LogP contribution is 2.48. The van der Waals surface area contributed by atoms with Gasteiger partial charge in [-0.3, -0.25) is 4.79 Å². The van der Waals surface area contributed by atoms with Gasteiger partial charge in [-0.2, -0.15) is 0 Å². The molecule has 0 spiro atoms. The Morgan fingerprint density at radius 2 is 1.79 bits per heavy atom. The molecule has 2 aromatic carbocycles. The Balaban J connectivity index is 1.70. The van der Waals surface area contributed by atoms with Crippen LogP contribution in [0.15, 0.2) is 52.1 Å². The molecule has 6 heteroatoms. The van der Waals surface area contributed by atoms with Gasteiger partial charge in [0.25, 0.3) is 0 Å². The van der Waals surface area contributed by atoms with Crippen molar-refractivity contribution < 1.29 is 14.3 Å². The van der Waals surface area contributed by atoms with Gasteiger partial charge in [-0.05, 0) is 41.7 Å². The van der Waals surface area contributed by atoms with E-state index in [2.05, 4.69) is 40.4 Å². The smallest absolute Gasteiger partial charge is 0.231 e. The van der Waals surface area contributed by atoms with E-state index in [0.29, 0.717) is 17.9 Å². The standard InChI is InChI=1S/C22H21BrN2O3/c1-22(2)9-16-20(17(26)10-22)21(25-15-6-4-3-5-14(15)24-16)12-7-18-19(8-13(12)23)28-11-27-18/h3-8,21,24-25H,9-11H2,1-2H3/t21-/m1/s1. The van der Waals surface area contributed by atoms with Crippen molar-refractivity contribution in [3.8, 4) is 11.5 Å². The third kappa shape index (κ3) is 2.87. The summed E-state index contributed by atoms with van der Waals surface area (Å²) in [6.07, 6.45) is 1.35. The minimum atomic E-state index is -0.279. The molecule has 2 aliphatic heterocycles. The molecule has 0 unspecified atom stereocenters. The summed E-state index contributed by atoms with van der Waals surface area (Å²) in [6.45, 7) is 4.51. The monoisotopic (exact) mass is 440 g/mol. The van der Waals surface area contributed by atoms with Crippen molar-refractivity contribution in [2.75, 3.05) is 17.4 Å². The first-order valence-corrected chi connectivity index (χ1v) is 10.2. The predicted octanol–water partition coefficient (Wildman–Crippen LogP) is 5.40. The largest absolute Gasteiger partial charge is 0.454 e. The first-order chi connectivity index (χ1) is 13.4. The van der Waals surface area contributed by atoms with Crippen LogP contribution in [0.5, 0.6) is 11.5 Å². The van der Waals surface area contributed by atoms with E-state index in [0.717, 1.165) is 39.1 Å². The van der Waals surface area contributed by atoms with Gasteiger partial charge < -0.3 is 20.1 Å². The molecule has 0 saturated heterocycles. The number of hydrogen-bond donors (Lipinski definition) is 2. The maximum atomic E-state index is 13.3. The second-order valence-electron chi connectivity index (χ2n) is 8.31. The van der Waals surface area contributed by atoms with Crippen molar-refractivity contribution >= 4 is 33.1 Å². The highest BCUT2D eigenvalue weighted by Gasteiger charge is 2.39. The lowest BCUT2D eigenvalue weighted by Gasteiger charge is -2.34. The molecule has 0 bridgehead atoms. The molecule has 0 saturated carbocycles. The van der Waals surface area contributed by atoms with Gasteiger partial charge in [-0.25, -0.2) is 0 Å². The molecule has 0 amide bonds. The van der Waals surface area contributed by atoms with Gasteiger partial charge in [0.1, 0.15) is 0 Å². The number of nitrogens with one attached hydrogen (secondary N) is 2. The molecule has 1 atom stereocenters. The Morgan fingerprint density at radius 3 is 2.57 bits per heavy atom. The number of Topliss-reactive ketones (excluding diaryl/α,β-unsaturated/α-hetero) is 1. The molecule has 2 N–H and O–H groups in total. The normalized spacial score (nSPS) is 22.0. The summed E-state index contributed by atoms with van der Waals surface area (Å²) in [5.74, 6) is 1.60. The molecule has 0 radical (unpaired) electrons. The fraction of sp³-hybridized carbons (Fsp3) is 0.318. The van der Waals surface area contributed by atoms with Gasteiger partial charge in [-0.15, -0.1) is 0 Å². The molecule has 3 aliphatic rings. The van der Waals surface area contributed by atoms with Gasteiger partial charge >= 0.3 is 0 Å². The molecule has 0 aromatic heterocycles. The number of carbonyl (C=O) groups excluding carboxylic acids is 1. The Kier molecular flexibility index (Phi) is 3.95. The Hall–Kier alpha value is -2.47. The lowest BCUT2D eigenvalue weighted by atomic mass is 9.73. The van der Waals surface area contributed by atoms with Crippen LogP contribution in [0.1, 0.15) is 38.3 Å². The molecule has 0 fully saturated rings. The van der Waals surface area contributed by atoms with Crippen LogP contribution in [-0.4, -0.2) is 12.6 Å². The quantitative estimate of drug-likeness (QED) is 0.621. The van der Waals surface area contributed by atoms with Crippen LogP contribution in [0.2, 0.25) is 0 Å². The van der Waals surface area contributed by atoms with Crippen molar-refractivity contribution in [3.63, 3.8) is 0 Å². The minimum absolute atomic E-state index is 0.0706. The predicted molar refractivity (Wildman–Crippen MR) is 112 cm³/mol. The number of ketones is 1. The summed E-state index contributed by atoms with van der Waals surface area (Å²) in [7, 11) is 0. The molecule has 2 heterocycles. The number of benzene rings is 2. The SMILES string of the molecule is CC1(C)CC(=O)C2=C(C1)Nc1ccccc1N[C@@H]2c1cc2c(cc1Br)OCO2. The summed E-state index contributed by atoms with van der Waals surface area (Å²) < 4.78 is 12.0. The fourth-order valence-electron chi connectivity index (χ4n) is 4.28. The number of anilines is 2. The highest BCUT2D eigenvalue weighted by atomic mass is 79.9. The first-order valence-electron chi connectivity index (χ1n) is 9.39. The molecular weight excluding hydrogens is 420 g/mol. The van der Waals surface area contributed by atoms with Crippen molar-refractivity contribution in [1.82, 2.24) is 0 Å². The van der Waals surface area contributed by atoms with Crippen LogP contribution < -0.4 is 20.1 Å². The summed E-state index contributed by atoms with van der Waals surface area (Å²) >= 11 is 3.68. The number of para-hydroxylation sites is 2. The molecule has 5 nitrogen and oxygen atoms in total. The van der Waals surface area contributed by atoms with E-state index >= 15 is 0 Å². The van der Waals surface area contributed by atoms with Gasteiger partial charge in [-0.1, -0.05) is 41.9 Å². The number of ether oxygens (including phenoxy) is 2. The first kappa shape index (κ1) is 17.6. The summed E-state index contributed by atoms with van der Waals surface area (Å²) in [6, 6.07) is 11.7.